The molecule has 35 heavy (non-hydrogen) atoms. The van der Waals surface area contributed by atoms with Gasteiger partial charge in [0.15, 0.2) is 17.8 Å². The summed E-state index contributed by atoms with van der Waals surface area (Å²) in [6.07, 6.45) is 2.37. The number of carbonyl (C=O) groups excluding carboxylic acids is 1. The normalized spacial score (nSPS) is 16.1. The number of piperazine rings is 1. The molecule has 9 nitrogen and oxygen atoms in total. The quantitative estimate of drug-likeness (QED) is 0.467. The Hall–Kier alpha value is -3.62. The molecule has 0 aliphatic carbocycles. The van der Waals surface area contributed by atoms with Crippen molar-refractivity contribution < 1.29 is 9.53 Å². The lowest BCUT2D eigenvalue weighted by Gasteiger charge is -2.47. The van der Waals surface area contributed by atoms with Crippen LogP contribution in [-0.4, -0.2) is 56.1 Å². The van der Waals surface area contributed by atoms with Crippen molar-refractivity contribution in [3.05, 3.63) is 54.2 Å². The summed E-state index contributed by atoms with van der Waals surface area (Å²) in [4.78, 5) is 39.4. The number of esters is 1. The van der Waals surface area contributed by atoms with Gasteiger partial charge in [-0.15, -0.1) is 0 Å². The van der Waals surface area contributed by atoms with E-state index in [1.807, 2.05) is 57.2 Å². The Labute approximate surface area is 206 Å². The first-order valence-electron chi connectivity index (χ1n) is 12.1. The van der Waals surface area contributed by atoms with Crippen molar-refractivity contribution in [3.63, 3.8) is 0 Å². The first-order valence-corrected chi connectivity index (χ1v) is 12.1. The predicted octanol–water partition coefficient (Wildman–Crippen LogP) is 4.15. The molecule has 0 saturated carbocycles. The Bertz CT molecular complexity index is 1170. The molecule has 3 aromatic rings. The number of hydrogen-bond acceptors (Lipinski definition) is 9. The highest BCUT2D eigenvalue weighted by Crippen LogP contribution is 2.29. The van der Waals surface area contributed by atoms with Crippen molar-refractivity contribution in [2.75, 3.05) is 29.4 Å². The summed E-state index contributed by atoms with van der Waals surface area (Å²) in [5, 5.41) is 0. The molecule has 0 radical (unpaired) electrons. The predicted molar refractivity (Wildman–Crippen MR) is 135 cm³/mol. The van der Waals surface area contributed by atoms with Crippen LogP contribution in [-0.2, 0) is 9.53 Å². The summed E-state index contributed by atoms with van der Waals surface area (Å²) in [5.74, 6) is 3.15. The van der Waals surface area contributed by atoms with Crippen molar-refractivity contribution in [2.45, 2.75) is 59.1 Å². The van der Waals surface area contributed by atoms with E-state index in [0.717, 1.165) is 30.9 Å². The van der Waals surface area contributed by atoms with Gasteiger partial charge in [0.05, 0.1) is 5.54 Å². The maximum absolute atomic E-state index is 11.9. The number of benzene rings is 1. The molecule has 4 rings (SSSR count). The minimum atomic E-state index is -0.497. The maximum Gasteiger partial charge on any atom is 0.306 e. The van der Waals surface area contributed by atoms with E-state index in [-0.39, 0.29) is 11.5 Å². The molecule has 1 saturated heterocycles. The molecule has 0 N–H and O–H groups in total. The maximum atomic E-state index is 11.9. The Morgan fingerprint density at radius 1 is 1.09 bits per heavy atom. The number of anilines is 2. The van der Waals surface area contributed by atoms with Crippen LogP contribution in [0.25, 0.3) is 11.4 Å². The number of aryl methyl sites for hydroxylation is 1. The average molecular weight is 476 g/mol. The van der Waals surface area contributed by atoms with Crippen LogP contribution in [0.2, 0.25) is 0 Å². The zero-order valence-corrected chi connectivity index (χ0v) is 21.1. The van der Waals surface area contributed by atoms with Crippen molar-refractivity contribution in [1.29, 1.82) is 0 Å². The van der Waals surface area contributed by atoms with Crippen LogP contribution in [0.15, 0.2) is 42.6 Å². The molecule has 0 amide bonds. The molecule has 2 aromatic heterocycles. The molecular formula is C26H33N7O2. The van der Waals surface area contributed by atoms with Gasteiger partial charge in [0.25, 0.3) is 0 Å². The van der Waals surface area contributed by atoms with Crippen molar-refractivity contribution >= 4 is 17.7 Å². The van der Waals surface area contributed by atoms with E-state index in [1.54, 1.807) is 6.20 Å². The number of nitrogens with zero attached hydrogens (tertiary/aromatic N) is 7. The lowest BCUT2D eigenvalue weighted by atomic mass is 9.99. The highest BCUT2D eigenvalue weighted by Gasteiger charge is 2.36. The summed E-state index contributed by atoms with van der Waals surface area (Å²) in [6.45, 7) is 12.2. The first kappa shape index (κ1) is 24.5. The van der Waals surface area contributed by atoms with Crippen LogP contribution in [0.1, 0.15) is 58.3 Å². The highest BCUT2D eigenvalue weighted by atomic mass is 16.5. The molecule has 1 aliphatic rings. The van der Waals surface area contributed by atoms with Crippen molar-refractivity contribution in [3.8, 4) is 11.4 Å². The zero-order valence-electron chi connectivity index (χ0n) is 21.1. The standard InChI is InChI=1S/C26H33N7O2/c1-6-10-22(34)35-18(2)23-27-14-13-21(30-23)33-16-15-32(17-26(33,4)5)25-29-19(3)28-24(31-25)20-11-8-7-9-12-20/h7-9,11-14,18H,6,10,15-17H2,1-5H3/t18-/m1/s1. The molecule has 1 aliphatic heterocycles. The Morgan fingerprint density at radius 2 is 1.86 bits per heavy atom. The fourth-order valence-corrected chi connectivity index (χ4v) is 4.30. The summed E-state index contributed by atoms with van der Waals surface area (Å²) >= 11 is 0. The topological polar surface area (TPSA) is 97.2 Å². The number of rotatable bonds is 7. The molecule has 184 valence electrons. The summed E-state index contributed by atoms with van der Waals surface area (Å²) in [5.41, 5.74) is 0.721. The van der Waals surface area contributed by atoms with Gasteiger partial charge in [-0.2, -0.15) is 9.97 Å². The van der Waals surface area contributed by atoms with E-state index in [4.69, 9.17) is 14.7 Å². The van der Waals surface area contributed by atoms with Gasteiger partial charge in [-0.3, -0.25) is 4.79 Å². The van der Waals surface area contributed by atoms with E-state index in [0.29, 0.717) is 36.4 Å². The molecule has 0 spiro atoms. The van der Waals surface area contributed by atoms with Crippen LogP contribution in [0.5, 0.6) is 0 Å². The monoisotopic (exact) mass is 475 g/mol. The smallest absolute Gasteiger partial charge is 0.306 e. The third-order valence-electron chi connectivity index (χ3n) is 6.01. The van der Waals surface area contributed by atoms with Crippen LogP contribution in [0, 0.1) is 6.92 Å². The van der Waals surface area contributed by atoms with E-state index in [1.165, 1.54) is 0 Å². The van der Waals surface area contributed by atoms with Crippen molar-refractivity contribution in [2.24, 2.45) is 0 Å². The molecule has 1 atom stereocenters. The summed E-state index contributed by atoms with van der Waals surface area (Å²) < 4.78 is 5.49. The van der Waals surface area contributed by atoms with Gasteiger partial charge >= 0.3 is 5.97 Å². The molecule has 9 heteroatoms. The van der Waals surface area contributed by atoms with Gasteiger partial charge in [-0.1, -0.05) is 37.3 Å². The average Bonchev–Trinajstić information content (AvgIpc) is 2.83. The van der Waals surface area contributed by atoms with E-state index in [9.17, 15) is 4.79 Å². The molecule has 0 bridgehead atoms. The first-order chi connectivity index (χ1) is 16.8. The number of hydrogen-bond donors (Lipinski definition) is 0. The lowest BCUT2D eigenvalue weighted by molar-refractivity contribution is -0.149. The Kier molecular flexibility index (Phi) is 7.23. The van der Waals surface area contributed by atoms with Gasteiger partial charge in [0.1, 0.15) is 11.6 Å². The fourth-order valence-electron chi connectivity index (χ4n) is 4.30. The third kappa shape index (κ3) is 5.72. The van der Waals surface area contributed by atoms with E-state index < -0.39 is 6.10 Å². The lowest BCUT2D eigenvalue weighted by Crippen LogP contribution is -2.60. The zero-order chi connectivity index (χ0) is 25.0. The largest absolute Gasteiger partial charge is 0.454 e. The second-order valence-electron chi connectivity index (χ2n) is 9.41. The van der Waals surface area contributed by atoms with Gasteiger partial charge in [0, 0.05) is 37.8 Å². The van der Waals surface area contributed by atoms with E-state index >= 15 is 0 Å². The molecule has 1 aromatic carbocycles. The van der Waals surface area contributed by atoms with Crippen molar-refractivity contribution in [1.82, 2.24) is 24.9 Å². The number of ether oxygens (including phenoxy) is 1. The summed E-state index contributed by atoms with van der Waals surface area (Å²) in [6, 6.07) is 11.9. The van der Waals surface area contributed by atoms with Crippen LogP contribution in [0.3, 0.4) is 0 Å². The molecule has 0 unspecified atom stereocenters. The molecular weight excluding hydrogens is 442 g/mol. The molecule has 3 heterocycles. The number of carbonyl (C=O) groups is 1. The van der Waals surface area contributed by atoms with Gasteiger partial charge in [-0.25, -0.2) is 15.0 Å². The van der Waals surface area contributed by atoms with Gasteiger partial charge in [0.2, 0.25) is 5.95 Å². The second kappa shape index (κ2) is 10.3. The SMILES string of the molecule is CCCC(=O)O[C@H](C)c1nccc(N2CCN(c3nc(C)nc(-c4ccccc4)n3)CC2(C)C)n1. The second-order valence-corrected chi connectivity index (χ2v) is 9.41. The summed E-state index contributed by atoms with van der Waals surface area (Å²) in [7, 11) is 0. The Morgan fingerprint density at radius 3 is 2.57 bits per heavy atom. The minimum absolute atomic E-state index is 0.231. The van der Waals surface area contributed by atoms with Gasteiger partial charge < -0.3 is 14.5 Å². The minimum Gasteiger partial charge on any atom is -0.454 e. The molecule has 1 fully saturated rings. The highest BCUT2D eigenvalue weighted by molar-refractivity contribution is 5.69. The van der Waals surface area contributed by atoms with Crippen LogP contribution < -0.4 is 9.80 Å². The third-order valence-corrected chi connectivity index (χ3v) is 6.01. The van der Waals surface area contributed by atoms with Crippen LogP contribution >= 0.6 is 0 Å². The van der Waals surface area contributed by atoms with Gasteiger partial charge in [-0.05, 0) is 40.2 Å². The van der Waals surface area contributed by atoms with Crippen LogP contribution in [0.4, 0.5) is 11.8 Å². The number of aromatic nitrogens is 5. The Balaban J connectivity index is 1.52. The fraction of sp³-hybridized carbons (Fsp3) is 0.462. The van der Waals surface area contributed by atoms with E-state index in [2.05, 4.69) is 38.6 Å².